The maximum absolute atomic E-state index is 12.6. The zero-order valence-electron chi connectivity index (χ0n) is 20.0. The first kappa shape index (κ1) is 22.9. The molecule has 2 aromatic carbocycles. The highest BCUT2D eigenvalue weighted by Gasteiger charge is 2.15. The van der Waals surface area contributed by atoms with Gasteiger partial charge in [0.25, 0.3) is 5.91 Å². The predicted octanol–water partition coefficient (Wildman–Crippen LogP) is 6.42. The molecule has 0 bridgehead atoms. The quantitative estimate of drug-likeness (QED) is 0.476. The Balaban J connectivity index is 1.36. The van der Waals surface area contributed by atoms with E-state index in [1.807, 2.05) is 31.2 Å². The van der Waals surface area contributed by atoms with E-state index in [4.69, 9.17) is 4.52 Å². The molecule has 3 aromatic rings. The number of nitrogens with zero attached hydrogens (tertiary/aromatic N) is 1. The molecule has 4 nitrogen and oxygen atoms in total. The predicted molar refractivity (Wildman–Crippen MR) is 132 cm³/mol. The lowest BCUT2D eigenvalue weighted by molar-refractivity contribution is 0.0947. The second kappa shape index (κ2) is 9.67. The first-order valence-electron chi connectivity index (χ1n) is 11.8. The number of hydrogen-bond donors (Lipinski definition) is 1. The molecule has 0 aliphatic heterocycles. The minimum absolute atomic E-state index is 0.108. The number of amides is 1. The molecule has 33 heavy (non-hydrogen) atoms. The molecule has 0 radical (unpaired) electrons. The Kier molecular flexibility index (Phi) is 6.70. The first-order chi connectivity index (χ1) is 15.8. The fourth-order valence-corrected chi connectivity index (χ4v) is 4.14. The Labute approximate surface area is 196 Å². The van der Waals surface area contributed by atoms with Gasteiger partial charge in [0, 0.05) is 28.7 Å². The minimum Gasteiger partial charge on any atom is -0.359 e. The number of carbonyl (C=O) groups excluding carboxylic acids is 1. The molecule has 1 aromatic heterocycles. The largest absolute Gasteiger partial charge is 0.359 e. The van der Waals surface area contributed by atoms with Crippen LogP contribution in [-0.4, -0.2) is 11.1 Å². The number of aromatic nitrogens is 1. The van der Waals surface area contributed by atoms with Gasteiger partial charge in [0.15, 0.2) is 5.76 Å². The standard InChI is InChI=1S/C29H32N2O2/c1-20-17-24(12-11-22(20)10-9-21-7-5-6-8-21)28(32)30-19-26-18-27(31-33-26)23-13-15-25(16-14-23)29(2,3)4/h11-18,21H,5-8,19H2,1-4H3,(H,30,32). The smallest absolute Gasteiger partial charge is 0.251 e. The van der Waals surface area contributed by atoms with Crippen LogP contribution in [0, 0.1) is 24.7 Å². The highest BCUT2D eigenvalue weighted by atomic mass is 16.5. The van der Waals surface area contributed by atoms with Crippen molar-refractivity contribution in [1.29, 1.82) is 0 Å². The average Bonchev–Trinajstić information content (AvgIpc) is 3.48. The lowest BCUT2D eigenvalue weighted by Crippen LogP contribution is -2.22. The first-order valence-corrected chi connectivity index (χ1v) is 11.8. The summed E-state index contributed by atoms with van der Waals surface area (Å²) in [4.78, 5) is 12.6. The molecule has 1 amide bonds. The maximum atomic E-state index is 12.6. The van der Waals surface area contributed by atoms with Gasteiger partial charge in [-0.1, -0.05) is 74.9 Å². The van der Waals surface area contributed by atoms with Crippen molar-refractivity contribution in [2.45, 2.75) is 65.3 Å². The summed E-state index contributed by atoms with van der Waals surface area (Å²) in [5, 5.41) is 7.09. The summed E-state index contributed by atoms with van der Waals surface area (Å²) in [6, 6.07) is 15.9. The molecule has 1 aliphatic rings. The molecule has 0 saturated heterocycles. The molecular weight excluding hydrogens is 408 g/mol. The molecule has 0 unspecified atom stereocenters. The Hall–Kier alpha value is -3.32. The van der Waals surface area contributed by atoms with Gasteiger partial charge in [0.05, 0.1) is 6.54 Å². The summed E-state index contributed by atoms with van der Waals surface area (Å²) < 4.78 is 5.44. The van der Waals surface area contributed by atoms with Crippen LogP contribution < -0.4 is 5.32 Å². The number of hydrogen-bond acceptors (Lipinski definition) is 3. The van der Waals surface area contributed by atoms with E-state index in [-0.39, 0.29) is 17.9 Å². The van der Waals surface area contributed by atoms with Crippen molar-refractivity contribution in [2.75, 3.05) is 0 Å². The van der Waals surface area contributed by atoms with E-state index in [1.54, 1.807) is 0 Å². The number of nitrogens with one attached hydrogen (secondary N) is 1. The van der Waals surface area contributed by atoms with Gasteiger partial charge in [0.1, 0.15) is 5.69 Å². The van der Waals surface area contributed by atoms with E-state index in [0.717, 1.165) is 22.4 Å². The van der Waals surface area contributed by atoms with E-state index in [0.29, 0.717) is 17.2 Å². The molecule has 1 fully saturated rings. The number of rotatable bonds is 4. The van der Waals surface area contributed by atoms with E-state index in [1.165, 1.54) is 31.2 Å². The summed E-state index contributed by atoms with van der Waals surface area (Å²) in [6.07, 6.45) is 4.98. The summed E-state index contributed by atoms with van der Waals surface area (Å²) in [5.41, 5.74) is 5.78. The summed E-state index contributed by atoms with van der Waals surface area (Å²) in [7, 11) is 0. The van der Waals surface area contributed by atoms with E-state index in [2.05, 4.69) is 67.4 Å². The van der Waals surface area contributed by atoms with Crippen LogP contribution in [0.1, 0.15) is 79.3 Å². The van der Waals surface area contributed by atoms with E-state index >= 15 is 0 Å². The van der Waals surface area contributed by atoms with Crippen LogP contribution in [0.5, 0.6) is 0 Å². The Morgan fingerprint density at radius 2 is 1.82 bits per heavy atom. The lowest BCUT2D eigenvalue weighted by Gasteiger charge is -2.18. The number of aryl methyl sites for hydroxylation is 1. The van der Waals surface area contributed by atoms with Crippen molar-refractivity contribution >= 4 is 5.91 Å². The molecule has 1 saturated carbocycles. The third kappa shape index (κ3) is 5.73. The molecule has 4 rings (SSSR count). The molecule has 0 atom stereocenters. The average molecular weight is 441 g/mol. The zero-order chi connectivity index (χ0) is 23.4. The van der Waals surface area contributed by atoms with Crippen LogP contribution in [0.4, 0.5) is 0 Å². The third-order valence-corrected chi connectivity index (χ3v) is 6.28. The zero-order valence-corrected chi connectivity index (χ0v) is 20.0. The minimum atomic E-state index is -0.138. The van der Waals surface area contributed by atoms with Crippen molar-refractivity contribution < 1.29 is 9.32 Å². The summed E-state index contributed by atoms with van der Waals surface area (Å²) in [5.74, 6) is 7.70. The van der Waals surface area contributed by atoms with Crippen molar-refractivity contribution in [3.8, 4) is 23.1 Å². The topological polar surface area (TPSA) is 55.1 Å². The molecular formula is C29H32N2O2. The van der Waals surface area contributed by atoms with Crippen LogP contribution in [0.25, 0.3) is 11.3 Å². The van der Waals surface area contributed by atoms with Crippen LogP contribution in [0.2, 0.25) is 0 Å². The molecule has 170 valence electrons. The SMILES string of the molecule is Cc1cc(C(=O)NCc2cc(-c3ccc(C(C)(C)C)cc3)no2)ccc1C#CC1CCCC1. The number of benzene rings is 2. The van der Waals surface area contributed by atoms with Gasteiger partial charge in [-0.15, -0.1) is 0 Å². The van der Waals surface area contributed by atoms with Gasteiger partial charge < -0.3 is 9.84 Å². The van der Waals surface area contributed by atoms with Crippen molar-refractivity contribution in [3.05, 3.63) is 76.5 Å². The van der Waals surface area contributed by atoms with Crippen molar-refractivity contribution in [3.63, 3.8) is 0 Å². The van der Waals surface area contributed by atoms with E-state index in [9.17, 15) is 4.79 Å². The van der Waals surface area contributed by atoms with Gasteiger partial charge in [0.2, 0.25) is 0 Å². The Morgan fingerprint density at radius 1 is 1.09 bits per heavy atom. The van der Waals surface area contributed by atoms with Crippen LogP contribution in [-0.2, 0) is 12.0 Å². The Morgan fingerprint density at radius 3 is 2.48 bits per heavy atom. The van der Waals surface area contributed by atoms with Gasteiger partial charge in [-0.3, -0.25) is 4.79 Å². The molecule has 0 spiro atoms. The van der Waals surface area contributed by atoms with Gasteiger partial charge >= 0.3 is 0 Å². The third-order valence-electron chi connectivity index (χ3n) is 6.28. The highest BCUT2D eigenvalue weighted by Crippen LogP contribution is 2.26. The molecule has 1 aliphatic carbocycles. The van der Waals surface area contributed by atoms with Gasteiger partial charge in [-0.2, -0.15) is 0 Å². The number of carbonyl (C=O) groups is 1. The second-order valence-corrected chi connectivity index (χ2v) is 9.97. The maximum Gasteiger partial charge on any atom is 0.251 e. The summed E-state index contributed by atoms with van der Waals surface area (Å²) in [6.45, 7) is 8.87. The fourth-order valence-electron chi connectivity index (χ4n) is 4.14. The van der Waals surface area contributed by atoms with Crippen LogP contribution >= 0.6 is 0 Å². The summed E-state index contributed by atoms with van der Waals surface area (Å²) >= 11 is 0. The second-order valence-electron chi connectivity index (χ2n) is 9.97. The molecule has 1 N–H and O–H groups in total. The monoisotopic (exact) mass is 440 g/mol. The molecule has 1 heterocycles. The van der Waals surface area contributed by atoms with Crippen LogP contribution in [0.3, 0.4) is 0 Å². The van der Waals surface area contributed by atoms with Gasteiger partial charge in [-0.05, 0) is 54.5 Å². The highest BCUT2D eigenvalue weighted by molar-refractivity contribution is 5.94. The Bertz CT molecular complexity index is 1180. The fraction of sp³-hybridized carbons (Fsp3) is 0.379. The van der Waals surface area contributed by atoms with Crippen LogP contribution in [0.15, 0.2) is 53.1 Å². The normalized spacial score (nSPS) is 14.1. The van der Waals surface area contributed by atoms with E-state index < -0.39 is 0 Å². The lowest BCUT2D eigenvalue weighted by atomic mass is 9.86. The van der Waals surface area contributed by atoms with Crippen molar-refractivity contribution in [1.82, 2.24) is 10.5 Å². The van der Waals surface area contributed by atoms with Gasteiger partial charge in [-0.25, -0.2) is 0 Å². The van der Waals surface area contributed by atoms with Crippen molar-refractivity contribution in [2.24, 2.45) is 5.92 Å². The molecule has 4 heteroatoms.